The molecule has 19 heavy (non-hydrogen) atoms. The molecule has 0 radical (unpaired) electrons. The smallest absolute Gasteiger partial charge is 0.156 e. The molecule has 0 aromatic heterocycles. The highest BCUT2D eigenvalue weighted by molar-refractivity contribution is 8.13. The van der Waals surface area contributed by atoms with Crippen molar-refractivity contribution in [1.82, 2.24) is 5.32 Å². The number of rotatable bonds is 3. The van der Waals surface area contributed by atoms with E-state index in [0.717, 1.165) is 18.9 Å². The van der Waals surface area contributed by atoms with Crippen molar-refractivity contribution in [3.8, 4) is 0 Å². The molecule has 2 atom stereocenters. The van der Waals surface area contributed by atoms with E-state index in [-0.39, 0.29) is 0 Å². The van der Waals surface area contributed by atoms with E-state index in [0.29, 0.717) is 6.04 Å². The monoisotopic (exact) mass is 274 g/mol. The Morgan fingerprint density at radius 3 is 2.89 bits per heavy atom. The summed E-state index contributed by atoms with van der Waals surface area (Å²) in [5, 5.41) is 4.83. The lowest BCUT2D eigenvalue weighted by Crippen LogP contribution is -2.46. The van der Waals surface area contributed by atoms with Crippen LogP contribution < -0.4 is 5.32 Å². The lowest BCUT2D eigenvalue weighted by atomic mass is 9.86. The number of benzene rings is 1. The van der Waals surface area contributed by atoms with Crippen molar-refractivity contribution < 1.29 is 0 Å². The molecule has 3 heteroatoms. The summed E-state index contributed by atoms with van der Waals surface area (Å²) in [5.74, 6) is 2.15. The summed E-state index contributed by atoms with van der Waals surface area (Å²) in [7, 11) is 0. The molecule has 2 nitrogen and oxygen atoms in total. The van der Waals surface area contributed by atoms with Crippen LogP contribution >= 0.6 is 11.8 Å². The minimum Gasteiger partial charge on any atom is -0.362 e. The molecule has 1 saturated heterocycles. The maximum absolute atomic E-state index is 4.74. The van der Waals surface area contributed by atoms with E-state index in [1.807, 2.05) is 11.8 Å². The minimum atomic E-state index is 0.700. The Balaban J connectivity index is 1.50. The van der Waals surface area contributed by atoms with Crippen LogP contribution in [-0.4, -0.2) is 23.5 Å². The quantitative estimate of drug-likeness (QED) is 0.912. The summed E-state index contributed by atoms with van der Waals surface area (Å²) in [6.45, 7) is 0.900. The van der Waals surface area contributed by atoms with Crippen LogP contribution in [0, 0.1) is 5.92 Å². The molecule has 3 rings (SSSR count). The SMILES string of the molecule is c1ccc(CCN=C2NC3CCCCC3CS2)cc1. The summed E-state index contributed by atoms with van der Waals surface area (Å²) >= 11 is 1.92. The Bertz CT molecular complexity index is 430. The number of nitrogens with zero attached hydrogens (tertiary/aromatic N) is 1. The van der Waals surface area contributed by atoms with Gasteiger partial charge in [-0.15, -0.1) is 0 Å². The van der Waals surface area contributed by atoms with Gasteiger partial charge in [0.2, 0.25) is 0 Å². The highest BCUT2D eigenvalue weighted by Crippen LogP contribution is 2.31. The molecule has 1 heterocycles. The lowest BCUT2D eigenvalue weighted by molar-refractivity contribution is 0.311. The van der Waals surface area contributed by atoms with Gasteiger partial charge >= 0.3 is 0 Å². The molecule has 1 aliphatic carbocycles. The molecule has 102 valence electrons. The van der Waals surface area contributed by atoms with Crippen molar-refractivity contribution in [2.45, 2.75) is 38.1 Å². The van der Waals surface area contributed by atoms with E-state index >= 15 is 0 Å². The van der Waals surface area contributed by atoms with Crippen LogP contribution in [0.5, 0.6) is 0 Å². The number of aliphatic imine (C=N–C) groups is 1. The second-order valence-electron chi connectivity index (χ2n) is 5.53. The van der Waals surface area contributed by atoms with Crippen LogP contribution in [0.15, 0.2) is 35.3 Å². The van der Waals surface area contributed by atoms with E-state index in [1.54, 1.807) is 0 Å². The van der Waals surface area contributed by atoms with Crippen molar-refractivity contribution in [3.63, 3.8) is 0 Å². The van der Waals surface area contributed by atoms with Gasteiger partial charge in [-0.1, -0.05) is 54.9 Å². The minimum absolute atomic E-state index is 0.700. The Morgan fingerprint density at radius 2 is 2.00 bits per heavy atom. The number of amidine groups is 1. The lowest BCUT2D eigenvalue weighted by Gasteiger charge is -2.36. The maximum Gasteiger partial charge on any atom is 0.156 e. The Morgan fingerprint density at radius 1 is 1.16 bits per heavy atom. The fourth-order valence-electron chi connectivity index (χ4n) is 3.01. The summed E-state index contributed by atoms with van der Waals surface area (Å²) < 4.78 is 0. The first-order chi connectivity index (χ1) is 9.42. The summed E-state index contributed by atoms with van der Waals surface area (Å²) in [4.78, 5) is 4.74. The van der Waals surface area contributed by atoms with Crippen LogP contribution in [0.1, 0.15) is 31.2 Å². The fourth-order valence-corrected chi connectivity index (χ4v) is 4.19. The molecular formula is C16H22N2S. The molecule has 2 unspecified atom stereocenters. The third kappa shape index (κ3) is 3.53. The molecule has 2 aliphatic rings. The van der Waals surface area contributed by atoms with Gasteiger partial charge in [0.1, 0.15) is 0 Å². The van der Waals surface area contributed by atoms with Gasteiger partial charge in [0.25, 0.3) is 0 Å². The summed E-state index contributed by atoms with van der Waals surface area (Å²) in [5.41, 5.74) is 1.38. The first kappa shape index (κ1) is 13.0. The molecule has 1 aromatic rings. The molecule has 1 saturated carbocycles. The van der Waals surface area contributed by atoms with E-state index in [1.165, 1.54) is 42.2 Å². The number of nitrogens with one attached hydrogen (secondary N) is 1. The van der Waals surface area contributed by atoms with Gasteiger partial charge in [-0.25, -0.2) is 0 Å². The third-order valence-corrected chi connectivity index (χ3v) is 5.27. The Hall–Kier alpha value is -0.960. The number of fused-ring (bicyclic) bond motifs is 1. The standard InChI is InChI=1S/C16H22N2S/c1-2-6-13(7-3-1)10-11-17-16-18-15-9-5-4-8-14(15)12-19-16/h1-3,6-7,14-15H,4-5,8-12H2,(H,17,18). The molecule has 1 N–H and O–H groups in total. The van der Waals surface area contributed by atoms with E-state index in [2.05, 4.69) is 35.6 Å². The largest absolute Gasteiger partial charge is 0.362 e. The van der Waals surface area contributed by atoms with Crippen LogP contribution in [0.3, 0.4) is 0 Å². The fraction of sp³-hybridized carbons (Fsp3) is 0.562. The third-order valence-electron chi connectivity index (χ3n) is 4.15. The summed E-state index contributed by atoms with van der Waals surface area (Å²) in [6, 6.07) is 11.3. The van der Waals surface area contributed by atoms with E-state index < -0.39 is 0 Å². The normalized spacial score (nSPS) is 28.7. The molecular weight excluding hydrogens is 252 g/mol. The Kier molecular flexibility index (Phi) is 4.44. The average molecular weight is 274 g/mol. The number of hydrogen-bond acceptors (Lipinski definition) is 2. The van der Waals surface area contributed by atoms with Gasteiger partial charge in [0.05, 0.1) is 0 Å². The zero-order chi connectivity index (χ0) is 12.9. The molecule has 0 amide bonds. The first-order valence-electron chi connectivity index (χ1n) is 7.39. The molecule has 0 spiro atoms. The number of thioether (sulfide) groups is 1. The second-order valence-corrected chi connectivity index (χ2v) is 6.54. The average Bonchev–Trinajstić information content (AvgIpc) is 2.48. The van der Waals surface area contributed by atoms with Gasteiger partial charge in [0, 0.05) is 18.3 Å². The van der Waals surface area contributed by atoms with Crippen LogP contribution in [-0.2, 0) is 6.42 Å². The molecule has 1 aromatic carbocycles. The van der Waals surface area contributed by atoms with Crippen LogP contribution in [0.2, 0.25) is 0 Å². The molecule has 2 fully saturated rings. The van der Waals surface area contributed by atoms with Crippen molar-refractivity contribution in [3.05, 3.63) is 35.9 Å². The predicted molar refractivity (Wildman–Crippen MR) is 83.8 cm³/mol. The van der Waals surface area contributed by atoms with Crippen molar-refractivity contribution in [1.29, 1.82) is 0 Å². The number of hydrogen-bond donors (Lipinski definition) is 1. The van der Waals surface area contributed by atoms with Gasteiger partial charge in [0.15, 0.2) is 5.17 Å². The zero-order valence-electron chi connectivity index (χ0n) is 11.3. The first-order valence-corrected chi connectivity index (χ1v) is 8.38. The topological polar surface area (TPSA) is 24.4 Å². The van der Waals surface area contributed by atoms with Gasteiger partial charge in [-0.3, -0.25) is 4.99 Å². The van der Waals surface area contributed by atoms with Crippen molar-refractivity contribution in [2.24, 2.45) is 10.9 Å². The Labute approximate surface area is 120 Å². The van der Waals surface area contributed by atoms with Gasteiger partial charge in [-0.05, 0) is 30.7 Å². The predicted octanol–water partition coefficient (Wildman–Crippen LogP) is 3.48. The van der Waals surface area contributed by atoms with E-state index in [4.69, 9.17) is 4.99 Å². The van der Waals surface area contributed by atoms with E-state index in [9.17, 15) is 0 Å². The zero-order valence-corrected chi connectivity index (χ0v) is 12.2. The van der Waals surface area contributed by atoms with Crippen molar-refractivity contribution >= 4 is 16.9 Å². The molecule has 0 bridgehead atoms. The van der Waals surface area contributed by atoms with Gasteiger partial charge in [-0.2, -0.15) is 0 Å². The molecule has 1 aliphatic heterocycles. The highest BCUT2D eigenvalue weighted by Gasteiger charge is 2.29. The van der Waals surface area contributed by atoms with Crippen LogP contribution in [0.4, 0.5) is 0 Å². The second kappa shape index (κ2) is 6.47. The summed E-state index contributed by atoms with van der Waals surface area (Å²) in [6.07, 6.45) is 6.59. The van der Waals surface area contributed by atoms with Crippen LogP contribution in [0.25, 0.3) is 0 Å². The maximum atomic E-state index is 4.74. The van der Waals surface area contributed by atoms with Gasteiger partial charge < -0.3 is 5.32 Å². The van der Waals surface area contributed by atoms with Crippen molar-refractivity contribution in [2.75, 3.05) is 12.3 Å². The highest BCUT2D eigenvalue weighted by atomic mass is 32.2.